The number of benzene rings is 2. The minimum absolute atomic E-state index is 0.260. The summed E-state index contributed by atoms with van der Waals surface area (Å²) in [5, 5.41) is 16.3. The molecule has 2 aromatic heterocycles. The number of nitrogens with zero attached hydrogens (tertiary/aromatic N) is 2. The van der Waals surface area contributed by atoms with Crippen molar-refractivity contribution in [3.05, 3.63) is 60.8 Å². The first kappa shape index (κ1) is 13.4. The van der Waals surface area contributed by atoms with Crippen molar-refractivity contribution in [3.8, 4) is 17.0 Å². The maximum Gasteiger partial charge on any atom is 0.139 e. The molecule has 4 heteroatoms. The predicted molar refractivity (Wildman–Crippen MR) is 96.4 cm³/mol. The van der Waals surface area contributed by atoms with E-state index in [2.05, 4.69) is 15.8 Å². The average Bonchev–Trinajstić information content (AvgIpc) is 3.36. The molecule has 0 atom stereocenters. The van der Waals surface area contributed by atoms with E-state index in [4.69, 9.17) is 4.98 Å². The van der Waals surface area contributed by atoms with E-state index in [1.807, 2.05) is 48.7 Å². The Balaban J connectivity index is 1.84. The van der Waals surface area contributed by atoms with Crippen LogP contribution < -0.4 is 5.32 Å². The Morgan fingerprint density at radius 3 is 2.71 bits per heavy atom. The van der Waals surface area contributed by atoms with Crippen molar-refractivity contribution in [1.29, 1.82) is 0 Å². The maximum absolute atomic E-state index is 10.6. The van der Waals surface area contributed by atoms with Gasteiger partial charge in [-0.05, 0) is 41.8 Å². The van der Waals surface area contributed by atoms with Gasteiger partial charge in [0.05, 0.1) is 5.56 Å². The van der Waals surface area contributed by atoms with Crippen LogP contribution in [0.1, 0.15) is 12.8 Å². The predicted octanol–water partition coefficient (Wildman–Crippen LogP) is 4.43. The topological polar surface area (TPSA) is 49.6 Å². The van der Waals surface area contributed by atoms with Crippen molar-refractivity contribution in [1.82, 2.24) is 9.38 Å². The smallest absolute Gasteiger partial charge is 0.139 e. The number of nitrogens with one attached hydrogen (secondary N) is 1. The minimum Gasteiger partial charge on any atom is -0.507 e. The molecule has 0 aliphatic heterocycles. The number of phenolic OH excluding ortho intramolecular Hbond substituents is 1. The highest BCUT2D eigenvalue weighted by Gasteiger charge is 2.26. The molecule has 1 aliphatic rings. The van der Waals surface area contributed by atoms with Crippen molar-refractivity contribution in [2.24, 2.45) is 0 Å². The van der Waals surface area contributed by atoms with Crippen molar-refractivity contribution >= 4 is 22.2 Å². The van der Waals surface area contributed by atoms with E-state index in [0.29, 0.717) is 6.04 Å². The molecule has 0 unspecified atom stereocenters. The standard InChI is InChI=1S/C20H17N3O/c24-16-11-8-13-5-1-2-6-15(13)18(16)19-20(21-14-9-10-14)23-12-4-3-7-17(23)22-19/h1-8,11-12,14,21,24H,9-10H2. The van der Waals surface area contributed by atoms with Gasteiger partial charge in [0.1, 0.15) is 22.9 Å². The Hall–Kier alpha value is -3.01. The van der Waals surface area contributed by atoms with E-state index in [9.17, 15) is 5.11 Å². The Kier molecular flexibility index (Phi) is 2.80. The van der Waals surface area contributed by atoms with Crippen molar-refractivity contribution < 1.29 is 5.11 Å². The van der Waals surface area contributed by atoms with Crippen LogP contribution in [0.5, 0.6) is 5.75 Å². The number of imidazole rings is 1. The van der Waals surface area contributed by atoms with Crippen molar-refractivity contribution in [2.75, 3.05) is 5.32 Å². The normalized spacial score (nSPS) is 14.3. The first-order chi connectivity index (χ1) is 11.8. The van der Waals surface area contributed by atoms with E-state index in [0.717, 1.165) is 33.5 Å². The second kappa shape index (κ2) is 4.99. The zero-order valence-electron chi connectivity index (χ0n) is 13.1. The fourth-order valence-corrected chi connectivity index (χ4v) is 3.24. The van der Waals surface area contributed by atoms with Gasteiger partial charge < -0.3 is 10.4 Å². The number of hydrogen-bond acceptors (Lipinski definition) is 3. The summed E-state index contributed by atoms with van der Waals surface area (Å²) >= 11 is 0. The second-order valence-corrected chi connectivity index (χ2v) is 6.34. The molecule has 0 bridgehead atoms. The van der Waals surface area contributed by atoms with Crippen molar-refractivity contribution in [3.63, 3.8) is 0 Å². The summed E-state index contributed by atoms with van der Waals surface area (Å²) in [5.74, 6) is 1.22. The molecule has 0 radical (unpaired) electrons. The largest absolute Gasteiger partial charge is 0.507 e. The molecule has 1 aliphatic carbocycles. The van der Waals surface area contributed by atoms with Gasteiger partial charge in [-0.2, -0.15) is 0 Å². The van der Waals surface area contributed by atoms with Crippen LogP contribution >= 0.6 is 0 Å². The van der Waals surface area contributed by atoms with Gasteiger partial charge in [0.25, 0.3) is 0 Å². The van der Waals surface area contributed by atoms with Crippen LogP contribution in [0.15, 0.2) is 60.8 Å². The molecule has 1 saturated carbocycles. The molecule has 118 valence electrons. The molecule has 0 saturated heterocycles. The molecule has 5 rings (SSSR count). The third kappa shape index (κ3) is 2.03. The molecular weight excluding hydrogens is 298 g/mol. The molecular formula is C20H17N3O. The molecule has 4 aromatic rings. The summed E-state index contributed by atoms with van der Waals surface area (Å²) in [7, 11) is 0. The Morgan fingerprint density at radius 1 is 1.00 bits per heavy atom. The highest BCUT2D eigenvalue weighted by atomic mass is 16.3. The highest BCUT2D eigenvalue weighted by Crippen LogP contribution is 2.41. The lowest BCUT2D eigenvalue weighted by Crippen LogP contribution is -2.05. The molecule has 2 aromatic carbocycles. The van der Waals surface area contributed by atoms with E-state index in [1.165, 1.54) is 12.8 Å². The molecule has 0 spiro atoms. The Bertz CT molecular complexity index is 1060. The Morgan fingerprint density at radius 2 is 1.83 bits per heavy atom. The molecule has 4 nitrogen and oxygen atoms in total. The van der Waals surface area contributed by atoms with E-state index in [1.54, 1.807) is 6.07 Å². The zero-order valence-corrected chi connectivity index (χ0v) is 13.1. The molecule has 2 N–H and O–H groups in total. The third-order valence-corrected chi connectivity index (χ3v) is 4.59. The van der Waals surface area contributed by atoms with E-state index in [-0.39, 0.29) is 5.75 Å². The fraction of sp³-hybridized carbons (Fsp3) is 0.150. The maximum atomic E-state index is 10.6. The van der Waals surface area contributed by atoms with Crippen LogP contribution in [0.2, 0.25) is 0 Å². The van der Waals surface area contributed by atoms with Crippen LogP contribution in [0.4, 0.5) is 5.82 Å². The summed E-state index contributed by atoms with van der Waals surface area (Å²) in [4.78, 5) is 4.82. The summed E-state index contributed by atoms with van der Waals surface area (Å²) in [6.07, 6.45) is 4.38. The van der Waals surface area contributed by atoms with Gasteiger partial charge in [0.2, 0.25) is 0 Å². The fourth-order valence-electron chi connectivity index (χ4n) is 3.24. The van der Waals surface area contributed by atoms with Crippen LogP contribution in [0.3, 0.4) is 0 Å². The van der Waals surface area contributed by atoms with Gasteiger partial charge in [-0.3, -0.25) is 4.40 Å². The van der Waals surface area contributed by atoms with Crippen LogP contribution in [-0.2, 0) is 0 Å². The van der Waals surface area contributed by atoms with E-state index >= 15 is 0 Å². The van der Waals surface area contributed by atoms with Gasteiger partial charge in [-0.25, -0.2) is 4.98 Å². The first-order valence-corrected chi connectivity index (χ1v) is 8.26. The van der Waals surface area contributed by atoms with Crippen LogP contribution in [0, 0.1) is 0 Å². The third-order valence-electron chi connectivity index (χ3n) is 4.59. The lowest BCUT2D eigenvalue weighted by molar-refractivity contribution is 0.478. The summed E-state index contributed by atoms with van der Waals surface area (Å²) in [6.45, 7) is 0. The average molecular weight is 315 g/mol. The zero-order chi connectivity index (χ0) is 16.1. The molecule has 2 heterocycles. The number of anilines is 1. The molecule has 24 heavy (non-hydrogen) atoms. The lowest BCUT2D eigenvalue weighted by atomic mass is 10.0. The number of aromatic hydroxyl groups is 1. The van der Waals surface area contributed by atoms with Crippen LogP contribution in [-0.4, -0.2) is 20.5 Å². The summed E-state index contributed by atoms with van der Waals surface area (Å²) in [6, 6.07) is 18.3. The minimum atomic E-state index is 0.260. The van der Waals surface area contributed by atoms with E-state index < -0.39 is 0 Å². The highest BCUT2D eigenvalue weighted by molar-refractivity contribution is 6.01. The quantitative estimate of drug-likeness (QED) is 0.588. The number of fused-ring (bicyclic) bond motifs is 2. The van der Waals surface area contributed by atoms with Gasteiger partial charge in [0.15, 0.2) is 0 Å². The van der Waals surface area contributed by atoms with Crippen LogP contribution in [0.25, 0.3) is 27.7 Å². The number of hydrogen-bond donors (Lipinski definition) is 2. The number of pyridine rings is 1. The second-order valence-electron chi connectivity index (χ2n) is 6.34. The first-order valence-electron chi connectivity index (χ1n) is 8.26. The monoisotopic (exact) mass is 315 g/mol. The Labute approximate surface area is 139 Å². The number of rotatable bonds is 3. The van der Waals surface area contributed by atoms with Crippen molar-refractivity contribution in [2.45, 2.75) is 18.9 Å². The SMILES string of the molecule is Oc1ccc2ccccc2c1-c1nc2ccccn2c1NC1CC1. The number of aromatic nitrogens is 2. The summed E-state index contributed by atoms with van der Waals surface area (Å²) < 4.78 is 2.06. The number of phenols is 1. The van der Waals surface area contributed by atoms with Gasteiger partial charge in [0, 0.05) is 12.2 Å². The van der Waals surface area contributed by atoms with Gasteiger partial charge >= 0.3 is 0 Å². The molecule has 0 amide bonds. The lowest BCUT2D eigenvalue weighted by Gasteiger charge is -2.11. The summed E-state index contributed by atoms with van der Waals surface area (Å²) in [5.41, 5.74) is 2.48. The van der Waals surface area contributed by atoms with Gasteiger partial charge in [-0.15, -0.1) is 0 Å². The van der Waals surface area contributed by atoms with Gasteiger partial charge in [-0.1, -0.05) is 36.4 Å². The molecule has 1 fully saturated rings.